The summed E-state index contributed by atoms with van der Waals surface area (Å²) in [6, 6.07) is 6.22. The van der Waals surface area contributed by atoms with Gasteiger partial charge in [0.1, 0.15) is 11.4 Å². The van der Waals surface area contributed by atoms with E-state index < -0.39 is 11.7 Å². The van der Waals surface area contributed by atoms with Gasteiger partial charge in [0, 0.05) is 26.2 Å². The summed E-state index contributed by atoms with van der Waals surface area (Å²) < 4.78 is 11.0. The zero-order valence-corrected chi connectivity index (χ0v) is 21.5. The fourth-order valence-electron chi connectivity index (χ4n) is 6.51. The fraction of sp³-hybridized carbons (Fsp3) is 0.690. The number of carbonyl (C=O) groups excluding carboxylic acids is 1. The summed E-state index contributed by atoms with van der Waals surface area (Å²) in [6.07, 6.45) is 8.81. The highest BCUT2D eigenvalue weighted by Crippen LogP contribution is 2.55. The third kappa shape index (κ3) is 6.20. The van der Waals surface area contributed by atoms with Crippen molar-refractivity contribution in [3.63, 3.8) is 0 Å². The van der Waals surface area contributed by atoms with Gasteiger partial charge in [-0.15, -0.1) is 5.92 Å². The van der Waals surface area contributed by atoms with Gasteiger partial charge in [0.15, 0.2) is 0 Å². The molecule has 0 spiro atoms. The van der Waals surface area contributed by atoms with Crippen molar-refractivity contribution in [2.24, 2.45) is 5.92 Å². The normalized spacial score (nSPS) is 28.3. The van der Waals surface area contributed by atoms with Gasteiger partial charge in [-0.1, -0.05) is 38.2 Å². The molecule has 2 aliphatic carbocycles. The number of nitrogens with zero attached hydrogens (tertiary/aromatic N) is 1. The quantitative estimate of drug-likeness (QED) is 0.424. The molecule has 0 bridgehead atoms. The van der Waals surface area contributed by atoms with E-state index >= 15 is 0 Å². The number of carbonyl (C=O) groups is 1. The van der Waals surface area contributed by atoms with E-state index in [-0.39, 0.29) is 5.41 Å². The number of aliphatic hydroxyl groups is 1. The number of hydrogen-bond donors (Lipinski definition) is 2. The summed E-state index contributed by atoms with van der Waals surface area (Å²) in [4.78, 5) is 14.7. The van der Waals surface area contributed by atoms with Crippen LogP contribution >= 0.6 is 0 Å². The van der Waals surface area contributed by atoms with Gasteiger partial charge in [0.2, 0.25) is 0 Å². The molecule has 3 aliphatic rings. The smallest absolute Gasteiger partial charge is 0.410 e. The lowest BCUT2D eigenvalue weighted by Gasteiger charge is -2.52. The third-order valence-electron chi connectivity index (χ3n) is 8.32. The Labute approximate surface area is 210 Å². The van der Waals surface area contributed by atoms with Crippen LogP contribution in [0.1, 0.15) is 76.3 Å². The maximum atomic E-state index is 12.4. The Balaban J connectivity index is 1.43. The molecule has 1 saturated carbocycles. The number of benzene rings is 1. The van der Waals surface area contributed by atoms with Crippen molar-refractivity contribution in [1.29, 1.82) is 0 Å². The Bertz CT molecular complexity index is 932. The minimum absolute atomic E-state index is 0.0867. The van der Waals surface area contributed by atoms with Gasteiger partial charge in [-0.05, 0) is 80.0 Å². The number of aryl methyl sites for hydroxylation is 1. The summed E-state index contributed by atoms with van der Waals surface area (Å²) in [5, 5.41) is 14.0. The van der Waals surface area contributed by atoms with E-state index in [1.54, 1.807) is 0 Å². The first-order valence-electron chi connectivity index (χ1n) is 13.5. The average molecular weight is 483 g/mol. The zero-order valence-electron chi connectivity index (χ0n) is 21.5. The molecule has 1 amide bonds. The maximum absolute atomic E-state index is 12.4. The molecular weight excluding hydrogens is 440 g/mol. The molecule has 0 aromatic heterocycles. The van der Waals surface area contributed by atoms with Crippen LogP contribution in [0.25, 0.3) is 0 Å². The first kappa shape index (κ1) is 26.0. The van der Waals surface area contributed by atoms with Crippen LogP contribution in [0.3, 0.4) is 0 Å². The highest BCUT2D eigenvalue weighted by Gasteiger charge is 2.50. The molecule has 0 radical (unpaired) electrons. The Morgan fingerprint density at radius 2 is 2.11 bits per heavy atom. The van der Waals surface area contributed by atoms with Crippen molar-refractivity contribution in [3.8, 4) is 17.6 Å². The highest BCUT2D eigenvalue weighted by molar-refractivity contribution is 5.70. The van der Waals surface area contributed by atoms with Crippen molar-refractivity contribution < 1.29 is 19.4 Å². The first-order chi connectivity index (χ1) is 17.0. The Morgan fingerprint density at radius 1 is 1.29 bits per heavy atom. The lowest BCUT2D eigenvalue weighted by atomic mass is 9.53. The predicted molar refractivity (Wildman–Crippen MR) is 138 cm³/mol. The minimum Gasteiger partial charge on any atom is -0.410 e. The van der Waals surface area contributed by atoms with Crippen LogP contribution in [0.15, 0.2) is 18.2 Å². The number of nitrogens with one attached hydrogen (secondary N) is 1. The van der Waals surface area contributed by atoms with E-state index in [9.17, 15) is 9.90 Å². The van der Waals surface area contributed by atoms with Crippen LogP contribution in [0.5, 0.6) is 5.75 Å². The van der Waals surface area contributed by atoms with Crippen molar-refractivity contribution in [2.45, 2.75) is 82.7 Å². The summed E-state index contributed by atoms with van der Waals surface area (Å²) in [5.74, 6) is 7.10. The molecule has 192 valence electrons. The molecule has 6 heteroatoms. The number of fused-ring (bicyclic) bond motifs is 3. The number of rotatable bonds is 8. The lowest BCUT2D eigenvalue weighted by Crippen LogP contribution is -2.49. The molecule has 1 aromatic carbocycles. The summed E-state index contributed by atoms with van der Waals surface area (Å²) in [6.45, 7) is 8.76. The topological polar surface area (TPSA) is 71.0 Å². The Kier molecular flexibility index (Phi) is 8.75. The van der Waals surface area contributed by atoms with Crippen molar-refractivity contribution in [1.82, 2.24) is 10.2 Å². The van der Waals surface area contributed by atoms with Crippen LogP contribution < -0.4 is 10.1 Å². The van der Waals surface area contributed by atoms with Crippen LogP contribution in [-0.4, -0.2) is 61.1 Å². The fourth-order valence-corrected chi connectivity index (χ4v) is 6.51. The van der Waals surface area contributed by atoms with Crippen LogP contribution in [0.4, 0.5) is 4.79 Å². The van der Waals surface area contributed by atoms with Gasteiger partial charge in [-0.2, -0.15) is 0 Å². The second-order valence-electron chi connectivity index (χ2n) is 10.5. The SMILES string of the molecule is CC#C[C@@]1(O)CC[C@]2(CCCCC)c3ccc(OC(=O)NCCN4CCOCC4)cc3CC[C@H]2C1. The van der Waals surface area contributed by atoms with E-state index in [1.165, 1.54) is 30.4 Å². The van der Waals surface area contributed by atoms with E-state index in [4.69, 9.17) is 9.47 Å². The molecule has 3 atom stereocenters. The molecule has 1 saturated heterocycles. The molecule has 1 aromatic rings. The number of ether oxygens (including phenoxy) is 2. The van der Waals surface area contributed by atoms with E-state index in [2.05, 4.69) is 41.1 Å². The standard InChI is InChI=1S/C29H42N2O4/c1-3-5-6-12-29-14-13-28(33,11-4-2)22-24(29)8-7-23-21-25(9-10-26(23)29)35-27(32)30-15-16-31-17-19-34-20-18-31/h9-10,21,24,33H,3,5-8,12-20,22H2,1-2H3,(H,30,32)/t24-,28+,29-/m0/s1. The molecule has 2 N–H and O–H groups in total. The number of amides is 1. The monoisotopic (exact) mass is 482 g/mol. The zero-order chi connectivity index (χ0) is 24.7. The second-order valence-corrected chi connectivity index (χ2v) is 10.5. The molecule has 1 aliphatic heterocycles. The number of morpholine rings is 1. The maximum Gasteiger partial charge on any atom is 0.412 e. The van der Waals surface area contributed by atoms with Gasteiger partial charge in [0.25, 0.3) is 0 Å². The van der Waals surface area contributed by atoms with Crippen molar-refractivity contribution >= 4 is 6.09 Å². The first-order valence-corrected chi connectivity index (χ1v) is 13.5. The Morgan fingerprint density at radius 3 is 2.89 bits per heavy atom. The largest absolute Gasteiger partial charge is 0.412 e. The van der Waals surface area contributed by atoms with Crippen molar-refractivity contribution in [2.75, 3.05) is 39.4 Å². The van der Waals surface area contributed by atoms with E-state index in [1.807, 2.05) is 13.0 Å². The van der Waals surface area contributed by atoms with Crippen LogP contribution in [-0.2, 0) is 16.6 Å². The minimum atomic E-state index is -0.854. The highest BCUT2D eigenvalue weighted by atomic mass is 16.6. The second kappa shape index (κ2) is 11.8. The van der Waals surface area contributed by atoms with Gasteiger partial charge >= 0.3 is 6.09 Å². The molecule has 4 rings (SSSR count). The predicted octanol–water partition coefficient (Wildman–Crippen LogP) is 4.43. The number of hydrogen-bond acceptors (Lipinski definition) is 5. The molecule has 0 unspecified atom stereocenters. The molecular formula is C29H42N2O4. The molecule has 2 fully saturated rings. The summed E-state index contributed by atoms with van der Waals surface area (Å²) in [5.41, 5.74) is 1.93. The van der Waals surface area contributed by atoms with Crippen molar-refractivity contribution in [3.05, 3.63) is 29.3 Å². The van der Waals surface area contributed by atoms with Gasteiger partial charge in [0.05, 0.1) is 13.2 Å². The lowest BCUT2D eigenvalue weighted by molar-refractivity contribution is -0.0115. The molecule has 1 heterocycles. The molecule has 6 nitrogen and oxygen atoms in total. The number of unbranched alkanes of at least 4 members (excludes halogenated alkanes) is 2. The van der Waals surface area contributed by atoms with E-state index in [0.29, 0.717) is 18.2 Å². The average Bonchev–Trinajstić information content (AvgIpc) is 2.85. The Hall–Kier alpha value is -2.07. The summed E-state index contributed by atoms with van der Waals surface area (Å²) >= 11 is 0. The third-order valence-corrected chi connectivity index (χ3v) is 8.32. The van der Waals surface area contributed by atoms with E-state index in [0.717, 1.165) is 71.4 Å². The molecule has 35 heavy (non-hydrogen) atoms. The summed E-state index contributed by atoms with van der Waals surface area (Å²) in [7, 11) is 0. The van der Waals surface area contributed by atoms with Crippen LogP contribution in [0.2, 0.25) is 0 Å². The van der Waals surface area contributed by atoms with Gasteiger partial charge < -0.3 is 19.9 Å². The van der Waals surface area contributed by atoms with Gasteiger partial charge in [-0.25, -0.2) is 4.79 Å². The van der Waals surface area contributed by atoms with Crippen LogP contribution in [0, 0.1) is 17.8 Å². The van der Waals surface area contributed by atoms with Gasteiger partial charge in [-0.3, -0.25) is 4.90 Å².